The van der Waals surface area contributed by atoms with Crippen molar-refractivity contribution in [3.63, 3.8) is 0 Å². The largest absolute Gasteiger partial charge is 0.478 e. The van der Waals surface area contributed by atoms with Crippen LogP contribution in [0, 0.1) is 0 Å². The van der Waals surface area contributed by atoms with Crippen LogP contribution in [-0.4, -0.2) is 48.8 Å². The van der Waals surface area contributed by atoms with Crippen molar-refractivity contribution in [3.8, 4) is 0 Å². The van der Waals surface area contributed by atoms with Gasteiger partial charge in [0.1, 0.15) is 0 Å². The summed E-state index contributed by atoms with van der Waals surface area (Å²) in [6.45, 7) is 8.50. The molecule has 18 heavy (non-hydrogen) atoms. The monoisotopic (exact) mass is 274 g/mol. The molecule has 0 heterocycles. The van der Waals surface area contributed by atoms with Crippen LogP contribution >= 0.6 is 0 Å². The van der Waals surface area contributed by atoms with Crippen molar-refractivity contribution in [1.29, 1.82) is 0 Å². The average molecular weight is 274 g/mol. The van der Waals surface area contributed by atoms with Gasteiger partial charge in [-0.05, 0) is 41.9 Å². The number of hydrogen-bond acceptors (Lipinski definition) is 1. The zero-order chi connectivity index (χ0) is 13.0. The predicted molar refractivity (Wildman–Crippen MR) is 76.6 cm³/mol. The predicted octanol–water partition coefficient (Wildman–Crippen LogP) is 4.03. The zero-order valence-corrected chi connectivity index (χ0v) is 14.1. The summed E-state index contributed by atoms with van der Waals surface area (Å²) in [6, 6.07) is 5.78. The number of aromatic carboxylic acids is 1. The smallest absolute Gasteiger partial charge is 0.335 e. The van der Waals surface area contributed by atoms with E-state index in [-0.39, 0.29) is 37.7 Å². The molecule has 2 atom stereocenters. The normalized spacial score (nSPS) is 13.6. The van der Waals surface area contributed by atoms with E-state index in [1.54, 1.807) is 6.07 Å². The van der Waals surface area contributed by atoms with Gasteiger partial charge in [0.05, 0.1) is 5.56 Å². The van der Waals surface area contributed by atoms with E-state index in [1.807, 2.05) is 6.07 Å². The molecule has 0 aliphatic rings. The third kappa shape index (κ3) is 4.25. The fourth-order valence-corrected chi connectivity index (χ4v) is 1.95. The molecule has 96 valence electrons. The second-order valence-corrected chi connectivity index (χ2v) is 4.77. The molecule has 1 aromatic carbocycles. The van der Waals surface area contributed by atoms with Gasteiger partial charge in [-0.1, -0.05) is 39.8 Å². The van der Waals surface area contributed by atoms with Gasteiger partial charge in [0.25, 0.3) is 0 Å². The van der Waals surface area contributed by atoms with Gasteiger partial charge in [-0.2, -0.15) is 0 Å². The van der Waals surface area contributed by atoms with Crippen molar-refractivity contribution < 1.29 is 9.90 Å². The Morgan fingerprint density at radius 1 is 1.17 bits per heavy atom. The minimum atomic E-state index is -0.823. The molecule has 0 aliphatic carbocycles. The van der Waals surface area contributed by atoms with Gasteiger partial charge in [0, 0.05) is 37.7 Å². The Hall–Kier alpha value is -0.0503. The van der Waals surface area contributed by atoms with E-state index < -0.39 is 5.97 Å². The molecule has 1 N–H and O–H groups in total. The van der Waals surface area contributed by atoms with Gasteiger partial charge in [-0.25, -0.2) is 4.79 Å². The van der Waals surface area contributed by atoms with Crippen molar-refractivity contribution in [2.45, 2.75) is 52.4 Å². The molecule has 0 fully saturated rings. The van der Waals surface area contributed by atoms with Crippen LogP contribution in [0.1, 0.15) is 73.9 Å². The molecule has 0 saturated heterocycles. The van der Waals surface area contributed by atoms with Crippen LogP contribution in [-0.2, 0) is 0 Å². The minimum absolute atomic E-state index is 0. The topological polar surface area (TPSA) is 37.3 Å². The maximum atomic E-state index is 11.2. The van der Waals surface area contributed by atoms with Gasteiger partial charge >= 0.3 is 5.97 Å². The van der Waals surface area contributed by atoms with Gasteiger partial charge in [0.2, 0.25) is 0 Å². The summed E-state index contributed by atoms with van der Waals surface area (Å²) in [5.41, 5.74) is 2.66. The van der Waals surface area contributed by atoms with E-state index in [9.17, 15) is 9.90 Å². The Kier molecular flexibility index (Phi) is 8.16. The molecule has 0 spiro atoms. The summed E-state index contributed by atoms with van der Waals surface area (Å²) >= 11 is 0. The van der Waals surface area contributed by atoms with Crippen molar-refractivity contribution in [1.82, 2.24) is 0 Å². The van der Waals surface area contributed by atoms with Crippen LogP contribution in [0.5, 0.6) is 0 Å². The summed E-state index contributed by atoms with van der Waals surface area (Å²) in [5.74, 6) is -0.0400. The third-order valence-corrected chi connectivity index (χ3v) is 3.63. The van der Waals surface area contributed by atoms with Crippen molar-refractivity contribution in [2.24, 2.45) is 0 Å². The quantitative estimate of drug-likeness (QED) is 0.823. The van der Waals surface area contributed by atoms with E-state index >= 15 is 0 Å². The number of carboxylic acid groups (broad SMARTS) is 1. The first-order valence-electron chi connectivity index (χ1n) is 6.38. The first kappa shape index (κ1) is 17.9. The van der Waals surface area contributed by atoms with Crippen molar-refractivity contribution in [3.05, 3.63) is 34.9 Å². The second-order valence-electron chi connectivity index (χ2n) is 4.77. The second kappa shape index (κ2) is 8.19. The summed E-state index contributed by atoms with van der Waals surface area (Å²) in [4.78, 5) is 11.2. The van der Waals surface area contributed by atoms with Crippen molar-refractivity contribution in [2.75, 3.05) is 0 Å². The van der Waals surface area contributed by atoms with Gasteiger partial charge < -0.3 is 5.11 Å². The Morgan fingerprint density at radius 3 is 2.17 bits per heavy atom. The molecule has 1 rings (SSSR count). The summed E-state index contributed by atoms with van der Waals surface area (Å²) in [5, 5.41) is 9.20. The van der Waals surface area contributed by atoms with Crippen molar-refractivity contribution >= 4 is 43.7 Å². The first-order chi connectivity index (χ1) is 8.01. The van der Waals surface area contributed by atoms with Crippen LogP contribution in [0.15, 0.2) is 18.2 Å². The Morgan fingerprint density at radius 2 is 1.72 bits per heavy atom. The third-order valence-electron chi connectivity index (χ3n) is 3.63. The maximum Gasteiger partial charge on any atom is 0.335 e. The number of carbonyl (C=O) groups is 1. The van der Waals surface area contributed by atoms with Crippen LogP contribution < -0.4 is 0 Å². The Balaban J connectivity index is 0.00000289. The first-order valence-corrected chi connectivity index (χ1v) is 6.38. The fraction of sp³-hybridized carbons (Fsp3) is 0.533. The fourth-order valence-electron chi connectivity index (χ4n) is 1.95. The SMILES string of the molecule is CCC(C)c1ccc(C(=O)O)c(C(C)CC)c1.[Ca]. The van der Waals surface area contributed by atoms with E-state index in [0.29, 0.717) is 17.4 Å². The standard InChI is InChI=1S/C15H22O2.Ca/c1-5-10(3)12-7-8-13(15(16)17)14(9-12)11(4)6-2;/h7-11H,5-6H2,1-4H3,(H,16,17);. The zero-order valence-electron chi connectivity index (χ0n) is 11.9. The van der Waals surface area contributed by atoms with Gasteiger partial charge in [0.15, 0.2) is 0 Å². The molecule has 0 aliphatic heterocycles. The number of rotatable bonds is 5. The van der Waals surface area contributed by atoms with Gasteiger partial charge in [-0.3, -0.25) is 0 Å². The van der Waals surface area contributed by atoms with Crippen LogP contribution in [0.3, 0.4) is 0 Å². The summed E-state index contributed by atoms with van der Waals surface area (Å²) < 4.78 is 0. The molecule has 0 amide bonds. The molecule has 0 bridgehead atoms. The van der Waals surface area contributed by atoms with Crippen LogP contribution in [0.2, 0.25) is 0 Å². The molecular weight excluding hydrogens is 252 g/mol. The molecule has 1 aromatic rings. The van der Waals surface area contributed by atoms with Crippen LogP contribution in [0.25, 0.3) is 0 Å². The molecule has 2 unspecified atom stereocenters. The molecular formula is C15H22CaO2. The van der Waals surface area contributed by atoms with E-state index in [0.717, 1.165) is 18.4 Å². The Labute approximate surface area is 140 Å². The summed E-state index contributed by atoms with van der Waals surface area (Å²) in [7, 11) is 0. The van der Waals surface area contributed by atoms with Crippen LogP contribution in [0.4, 0.5) is 0 Å². The number of benzene rings is 1. The number of hydrogen-bond donors (Lipinski definition) is 1. The van der Waals surface area contributed by atoms with E-state index in [1.165, 1.54) is 5.56 Å². The molecule has 2 radical (unpaired) electrons. The Bertz CT molecular complexity index is 401. The minimum Gasteiger partial charge on any atom is -0.478 e. The molecule has 2 nitrogen and oxygen atoms in total. The summed E-state index contributed by atoms with van der Waals surface area (Å²) in [6.07, 6.45) is 2.04. The molecule has 3 heteroatoms. The van der Waals surface area contributed by atoms with E-state index in [4.69, 9.17) is 0 Å². The molecule has 0 saturated carbocycles. The van der Waals surface area contributed by atoms with Gasteiger partial charge in [-0.15, -0.1) is 0 Å². The van der Waals surface area contributed by atoms with E-state index in [2.05, 4.69) is 33.8 Å². The molecule has 0 aromatic heterocycles. The maximum absolute atomic E-state index is 11.2. The average Bonchev–Trinajstić information content (AvgIpc) is 2.35. The number of carboxylic acids is 1.